The van der Waals surface area contributed by atoms with Crippen molar-refractivity contribution >= 4 is 22.4 Å². The molecular formula is C15H25ClN2O3S. The number of ether oxygens (including phenoxy) is 1. The molecule has 1 atom stereocenters. The molecule has 0 bridgehead atoms. The van der Waals surface area contributed by atoms with Gasteiger partial charge >= 0.3 is 0 Å². The minimum atomic E-state index is -3.39. The van der Waals surface area contributed by atoms with Gasteiger partial charge in [0.25, 0.3) is 0 Å². The lowest BCUT2D eigenvalue weighted by molar-refractivity contribution is 0.263. The Morgan fingerprint density at radius 3 is 2.59 bits per heavy atom. The third-order valence-corrected chi connectivity index (χ3v) is 5.63. The number of nitrogens with zero attached hydrogens (tertiary/aromatic N) is 1. The van der Waals surface area contributed by atoms with Crippen LogP contribution in [0.1, 0.15) is 19.8 Å². The summed E-state index contributed by atoms with van der Waals surface area (Å²) >= 11 is 0. The molecule has 1 heterocycles. The first-order valence-corrected chi connectivity index (χ1v) is 8.89. The third kappa shape index (κ3) is 4.59. The number of benzene rings is 1. The van der Waals surface area contributed by atoms with E-state index in [-0.39, 0.29) is 12.4 Å². The Labute approximate surface area is 139 Å². The molecule has 0 aliphatic carbocycles. The number of hydrogen-bond donors (Lipinski definition) is 1. The number of sulfonamides is 1. The molecule has 126 valence electrons. The Bertz CT molecular complexity index is 546. The zero-order valence-electron chi connectivity index (χ0n) is 13.1. The molecule has 0 spiro atoms. The third-order valence-electron chi connectivity index (χ3n) is 3.75. The van der Waals surface area contributed by atoms with Gasteiger partial charge < -0.3 is 10.1 Å². The van der Waals surface area contributed by atoms with Crippen molar-refractivity contribution in [1.29, 1.82) is 0 Å². The van der Waals surface area contributed by atoms with Crippen molar-refractivity contribution in [2.75, 3.05) is 33.3 Å². The normalized spacial score (nSPS) is 19.5. The maximum atomic E-state index is 12.7. The van der Waals surface area contributed by atoms with Crippen LogP contribution in [0, 0.1) is 5.92 Å². The number of rotatable bonds is 6. The predicted molar refractivity (Wildman–Crippen MR) is 90.3 cm³/mol. The van der Waals surface area contributed by atoms with Crippen molar-refractivity contribution in [1.82, 2.24) is 9.62 Å². The van der Waals surface area contributed by atoms with E-state index in [1.807, 2.05) is 14.0 Å². The first kappa shape index (κ1) is 19.2. The molecule has 1 aliphatic rings. The van der Waals surface area contributed by atoms with E-state index >= 15 is 0 Å². The second kappa shape index (κ2) is 8.72. The van der Waals surface area contributed by atoms with Crippen LogP contribution in [-0.2, 0) is 10.0 Å². The Kier molecular flexibility index (Phi) is 7.62. The van der Waals surface area contributed by atoms with Crippen LogP contribution in [0.2, 0.25) is 0 Å². The van der Waals surface area contributed by atoms with Gasteiger partial charge in [0.2, 0.25) is 10.0 Å². The van der Waals surface area contributed by atoms with Crippen molar-refractivity contribution in [2.45, 2.75) is 24.7 Å². The van der Waals surface area contributed by atoms with Crippen LogP contribution in [0.3, 0.4) is 0 Å². The molecule has 1 unspecified atom stereocenters. The van der Waals surface area contributed by atoms with Crippen molar-refractivity contribution in [3.05, 3.63) is 24.3 Å². The van der Waals surface area contributed by atoms with Crippen LogP contribution < -0.4 is 10.1 Å². The predicted octanol–water partition coefficient (Wildman–Crippen LogP) is 2.13. The summed E-state index contributed by atoms with van der Waals surface area (Å²) in [7, 11) is -1.49. The molecule has 0 aromatic heterocycles. The van der Waals surface area contributed by atoms with Gasteiger partial charge in [0.05, 0.1) is 11.5 Å². The average molecular weight is 349 g/mol. The molecule has 22 heavy (non-hydrogen) atoms. The summed E-state index contributed by atoms with van der Waals surface area (Å²) in [6.07, 6.45) is 2.00. The van der Waals surface area contributed by atoms with E-state index in [2.05, 4.69) is 5.32 Å². The topological polar surface area (TPSA) is 58.6 Å². The van der Waals surface area contributed by atoms with Crippen LogP contribution in [0.5, 0.6) is 5.75 Å². The molecule has 1 saturated heterocycles. The van der Waals surface area contributed by atoms with E-state index < -0.39 is 10.0 Å². The van der Waals surface area contributed by atoms with Gasteiger partial charge in [0.15, 0.2) is 0 Å². The molecule has 2 rings (SSSR count). The lowest BCUT2D eigenvalue weighted by Gasteiger charge is -2.31. The molecular weight excluding hydrogens is 324 g/mol. The van der Waals surface area contributed by atoms with Gasteiger partial charge in [0, 0.05) is 13.1 Å². The van der Waals surface area contributed by atoms with Gasteiger partial charge in [-0.05, 0) is 63.5 Å². The minimum absolute atomic E-state index is 0. The summed E-state index contributed by atoms with van der Waals surface area (Å²) in [4.78, 5) is 0.344. The number of nitrogens with one attached hydrogen (secondary N) is 1. The quantitative estimate of drug-likeness (QED) is 0.855. The smallest absolute Gasteiger partial charge is 0.243 e. The van der Waals surface area contributed by atoms with E-state index in [1.165, 1.54) is 0 Å². The highest BCUT2D eigenvalue weighted by atomic mass is 35.5. The molecule has 1 aromatic rings. The highest BCUT2D eigenvalue weighted by Gasteiger charge is 2.29. The second-order valence-corrected chi connectivity index (χ2v) is 7.27. The van der Waals surface area contributed by atoms with E-state index in [0.717, 1.165) is 19.4 Å². The molecule has 0 saturated carbocycles. The lowest BCUT2D eigenvalue weighted by atomic mass is 10.00. The molecule has 1 aliphatic heterocycles. The van der Waals surface area contributed by atoms with E-state index in [9.17, 15) is 8.42 Å². The monoisotopic (exact) mass is 348 g/mol. The van der Waals surface area contributed by atoms with E-state index in [0.29, 0.717) is 36.3 Å². The highest BCUT2D eigenvalue weighted by Crippen LogP contribution is 2.24. The molecule has 5 nitrogen and oxygen atoms in total. The largest absolute Gasteiger partial charge is 0.494 e. The first-order valence-electron chi connectivity index (χ1n) is 7.45. The molecule has 1 N–H and O–H groups in total. The lowest BCUT2D eigenvalue weighted by Crippen LogP contribution is -2.42. The summed E-state index contributed by atoms with van der Waals surface area (Å²) in [6.45, 7) is 4.53. The summed E-state index contributed by atoms with van der Waals surface area (Å²) in [5.74, 6) is 1.09. The van der Waals surface area contributed by atoms with Gasteiger partial charge in [0.1, 0.15) is 5.75 Å². The van der Waals surface area contributed by atoms with Crippen molar-refractivity contribution in [3.63, 3.8) is 0 Å². The van der Waals surface area contributed by atoms with E-state index in [1.54, 1.807) is 28.6 Å². The molecule has 1 aromatic carbocycles. The van der Waals surface area contributed by atoms with E-state index in [4.69, 9.17) is 4.74 Å². The zero-order valence-corrected chi connectivity index (χ0v) is 14.8. The molecule has 1 fully saturated rings. The van der Waals surface area contributed by atoms with Crippen LogP contribution in [-0.4, -0.2) is 46.0 Å². The summed E-state index contributed by atoms with van der Waals surface area (Å²) in [6, 6.07) is 6.68. The Morgan fingerprint density at radius 1 is 1.32 bits per heavy atom. The summed E-state index contributed by atoms with van der Waals surface area (Å²) in [5.41, 5.74) is 0. The van der Waals surface area contributed by atoms with Crippen molar-refractivity contribution < 1.29 is 13.2 Å². The van der Waals surface area contributed by atoms with Crippen molar-refractivity contribution in [3.8, 4) is 5.75 Å². The average Bonchev–Trinajstić information content (AvgIpc) is 2.49. The maximum Gasteiger partial charge on any atom is 0.243 e. The number of piperidine rings is 1. The first-order chi connectivity index (χ1) is 10.1. The minimum Gasteiger partial charge on any atom is -0.494 e. The molecule has 0 amide bonds. The fourth-order valence-corrected chi connectivity index (χ4v) is 4.28. The fraction of sp³-hybridized carbons (Fsp3) is 0.600. The summed E-state index contributed by atoms with van der Waals surface area (Å²) < 4.78 is 32.3. The summed E-state index contributed by atoms with van der Waals surface area (Å²) in [5, 5.41) is 3.13. The molecule has 0 radical (unpaired) electrons. The van der Waals surface area contributed by atoms with Gasteiger partial charge in [-0.25, -0.2) is 8.42 Å². The van der Waals surface area contributed by atoms with Crippen LogP contribution in [0.4, 0.5) is 0 Å². The molecule has 7 heteroatoms. The zero-order chi connectivity index (χ0) is 15.3. The maximum absolute atomic E-state index is 12.7. The van der Waals surface area contributed by atoms with Gasteiger partial charge in [-0.2, -0.15) is 4.31 Å². The van der Waals surface area contributed by atoms with Gasteiger partial charge in [-0.3, -0.25) is 0 Å². The van der Waals surface area contributed by atoms with Gasteiger partial charge in [-0.1, -0.05) is 0 Å². The van der Waals surface area contributed by atoms with Crippen LogP contribution >= 0.6 is 12.4 Å². The Morgan fingerprint density at radius 2 is 2.00 bits per heavy atom. The van der Waals surface area contributed by atoms with Crippen LogP contribution in [0.25, 0.3) is 0 Å². The highest BCUT2D eigenvalue weighted by molar-refractivity contribution is 7.89. The fourth-order valence-electron chi connectivity index (χ4n) is 2.72. The standard InChI is InChI=1S/C15H24N2O3S.ClH/c1-3-20-14-6-8-15(9-7-14)21(18,19)17-10-4-5-13(12-17)11-16-2;/h6-9,13,16H,3-5,10-12H2,1-2H3;1H. The van der Waals surface area contributed by atoms with Gasteiger partial charge in [-0.15, -0.1) is 12.4 Å². The SMILES string of the molecule is CCOc1ccc(S(=O)(=O)N2CCCC(CNC)C2)cc1.Cl. The number of hydrogen-bond acceptors (Lipinski definition) is 4. The second-order valence-electron chi connectivity index (χ2n) is 5.33. The van der Waals surface area contributed by atoms with Crippen LogP contribution in [0.15, 0.2) is 29.2 Å². The van der Waals surface area contributed by atoms with Crippen molar-refractivity contribution in [2.24, 2.45) is 5.92 Å². The Hall–Kier alpha value is -0.820. The Balaban J connectivity index is 0.00000242. The number of halogens is 1.